The van der Waals surface area contributed by atoms with Crippen LogP contribution in [-0.2, 0) is 29.1 Å². The Labute approximate surface area is 198 Å². The van der Waals surface area contributed by atoms with E-state index in [-0.39, 0.29) is 17.3 Å². The largest absolute Gasteiger partial charge is 0.454 e. The van der Waals surface area contributed by atoms with Gasteiger partial charge in [0.05, 0.1) is 16.3 Å². The topological polar surface area (TPSA) is 113 Å². The summed E-state index contributed by atoms with van der Waals surface area (Å²) in [7, 11) is -3.89. The average Bonchev–Trinajstić information content (AvgIpc) is 3.29. The quantitative estimate of drug-likeness (QED) is 0.651. The third-order valence-corrected chi connectivity index (χ3v) is 8.12. The molecule has 2 aliphatic heterocycles. The van der Waals surface area contributed by atoms with Gasteiger partial charge in [-0.3, -0.25) is 19.3 Å². The highest BCUT2D eigenvalue weighted by atomic mass is 32.2. The van der Waals surface area contributed by atoms with Crippen molar-refractivity contribution in [2.75, 3.05) is 23.4 Å². The van der Waals surface area contributed by atoms with Crippen LogP contribution in [0, 0.1) is 6.92 Å². The van der Waals surface area contributed by atoms with Gasteiger partial charge in [-0.1, -0.05) is 29.8 Å². The van der Waals surface area contributed by atoms with Crippen LogP contribution in [0.25, 0.3) is 0 Å². The fourth-order valence-electron chi connectivity index (χ4n) is 4.30. The summed E-state index contributed by atoms with van der Waals surface area (Å²) < 4.78 is 32.6. The number of anilines is 2. The van der Waals surface area contributed by atoms with Gasteiger partial charge in [0.1, 0.15) is 11.6 Å². The van der Waals surface area contributed by atoms with Crippen molar-refractivity contribution in [3.8, 4) is 0 Å². The molecule has 0 bridgehead atoms. The molecule has 180 valence electrons. The number of benzene rings is 2. The van der Waals surface area contributed by atoms with E-state index in [2.05, 4.69) is 5.32 Å². The van der Waals surface area contributed by atoms with Gasteiger partial charge in [-0.05, 0) is 57.9 Å². The summed E-state index contributed by atoms with van der Waals surface area (Å²) in [5.74, 6) is -1.72. The Bertz CT molecular complexity index is 1240. The van der Waals surface area contributed by atoms with Crippen LogP contribution in [0.1, 0.15) is 32.3 Å². The number of fused-ring (bicyclic) bond motifs is 1. The van der Waals surface area contributed by atoms with E-state index < -0.39 is 40.1 Å². The van der Waals surface area contributed by atoms with E-state index >= 15 is 0 Å². The van der Waals surface area contributed by atoms with Crippen LogP contribution >= 0.6 is 0 Å². The Morgan fingerprint density at radius 1 is 1.12 bits per heavy atom. The van der Waals surface area contributed by atoms with Crippen LogP contribution in [0.3, 0.4) is 0 Å². The molecule has 2 amide bonds. The molecule has 0 saturated carbocycles. The van der Waals surface area contributed by atoms with Gasteiger partial charge < -0.3 is 10.1 Å². The van der Waals surface area contributed by atoms with Crippen LogP contribution < -0.4 is 10.2 Å². The predicted octanol–water partition coefficient (Wildman–Crippen LogP) is 2.46. The van der Waals surface area contributed by atoms with E-state index in [1.807, 2.05) is 6.92 Å². The molecule has 1 N–H and O–H groups in total. The van der Waals surface area contributed by atoms with Gasteiger partial charge in [0.2, 0.25) is 15.9 Å². The van der Waals surface area contributed by atoms with Gasteiger partial charge >= 0.3 is 5.97 Å². The average molecular weight is 486 g/mol. The Morgan fingerprint density at radius 3 is 2.50 bits per heavy atom. The van der Waals surface area contributed by atoms with Crippen LogP contribution in [0.2, 0.25) is 0 Å². The molecule has 0 aliphatic carbocycles. The molecule has 0 radical (unpaired) electrons. The SMILES string of the molecule is Cc1ccc(S(=O)(=O)N2CCC[C@H]2C(=O)OCC(=O)N2c3ccccc3NC(=O)C2(C)C)cc1. The number of ether oxygens (including phenoxy) is 1. The summed E-state index contributed by atoms with van der Waals surface area (Å²) in [5, 5.41) is 2.77. The maximum absolute atomic E-state index is 13.1. The summed E-state index contributed by atoms with van der Waals surface area (Å²) in [4.78, 5) is 40.0. The Hall–Kier alpha value is -3.24. The van der Waals surface area contributed by atoms with Crippen molar-refractivity contribution in [2.24, 2.45) is 0 Å². The zero-order valence-electron chi connectivity index (χ0n) is 19.3. The summed E-state index contributed by atoms with van der Waals surface area (Å²) in [5.41, 5.74) is 0.701. The molecule has 1 atom stereocenters. The van der Waals surface area contributed by atoms with Gasteiger partial charge in [0, 0.05) is 6.54 Å². The molecule has 34 heavy (non-hydrogen) atoms. The number of rotatable bonds is 5. The first-order chi connectivity index (χ1) is 16.0. The number of esters is 1. The van der Waals surface area contributed by atoms with Gasteiger partial charge in [0.15, 0.2) is 6.61 Å². The van der Waals surface area contributed by atoms with Crippen molar-refractivity contribution in [3.63, 3.8) is 0 Å². The van der Waals surface area contributed by atoms with E-state index in [1.165, 1.54) is 17.0 Å². The number of para-hydroxylation sites is 2. The highest BCUT2D eigenvalue weighted by Gasteiger charge is 2.45. The molecule has 2 aromatic rings. The molecular formula is C24H27N3O6S. The van der Waals surface area contributed by atoms with Crippen molar-refractivity contribution < 1.29 is 27.5 Å². The molecular weight excluding hydrogens is 458 g/mol. The summed E-state index contributed by atoms with van der Waals surface area (Å²) in [6, 6.07) is 12.3. The van der Waals surface area contributed by atoms with E-state index in [0.29, 0.717) is 24.2 Å². The highest BCUT2D eigenvalue weighted by molar-refractivity contribution is 7.89. The summed E-state index contributed by atoms with van der Waals surface area (Å²) >= 11 is 0. The molecule has 1 saturated heterocycles. The van der Waals surface area contributed by atoms with E-state index in [0.717, 1.165) is 9.87 Å². The predicted molar refractivity (Wildman–Crippen MR) is 126 cm³/mol. The van der Waals surface area contributed by atoms with Crippen molar-refractivity contribution in [3.05, 3.63) is 54.1 Å². The van der Waals surface area contributed by atoms with Crippen LogP contribution in [0.15, 0.2) is 53.4 Å². The van der Waals surface area contributed by atoms with E-state index in [9.17, 15) is 22.8 Å². The first kappa shape index (κ1) is 23.9. The molecule has 1 fully saturated rings. The van der Waals surface area contributed by atoms with Crippen molar-refractivity contribution in [1.82, 2.24) is 4.31 Å². The molecule has 9 nitrogen and oxygen atoms in total. The maximum atomic E-state index is 13.1. The number of carbonyl (C=O) groups is 3. The number of aryl methyl sites for hydroxylation is 1. The second-order valence-corrected chi connectivity index (χ2v) is 10.8. The highest BCUT2D eigenvalue weighted by Crippen LogP contribution is 2.36. The number of nitrogens with zero attached hydrogens (tertiary/aromatic N) is 2. The molecule has 0 aromatic heterocycles. The Balaban J connectivity index is 1.49. The molecule has 10 heteroatoms. The van der Waals surface area contributed by atoms with Gasteiger partial charge in [-0.2, -0.15) is 4.31 Å². The zero-order chi connectivity index (χ0) is 24.7. The van der Waals surface area contributed by atoms with Gasteiger partial charge in [-0.25, -0.2) is 8.42 Å². The fraction of sp³-hybridized carbons (Fsp3) is 0.375. The van der Waals surface area contributed by atoms with Crippen molar-refractivity contribution in [2.45, 2.75) is 50.1 Å². The first-order valence-electron chi connectivity index (χ1n) is 11.0. The Kier molecular flexibility index (Phi) is 6.22. The molecule has 2 aliphatic rings. The number of hydrogen-bond acceptors (Lipinski definition) is 6. The van der Waals surface area contributed by atoms with Gasteiger partial charge in [0.25, 0.3) is 5.91 Å². The van der Waals surface area contributed by atoms with Crippen LogP contribution in [0.5, 0.6) is 0 Å². The zero-order valence-corrected chi connectivity index (χ0v) is 20.1. The minimum absolute atomic E-state index is 0.103. The van der Waals surface area contributed by atoms with E-state index in [4.69, 9.17) is 4.74 Å². The number of nitrogens with one attached hydrogen (secondary N) is 1. The third-order valence-electron chi connectivity index (χ3n) is 6.20. The van der Waals surface area contributed by atoms with Gasteiger partial charge in [-0.15, -0.1) is 0 Å². The smallest absolute Gasteiger partial charge is 0.324 e. The molecule has 2 aromatic carbocycles. The minimum atomic E-state index is -3.89. The lowest BCUT2D eigenvalue weighted by Crippen LogP contribution is -2.59. The Morgan fingerprint density at radius 2 is 1.79 bits per heavy atom. The maximum Gasteiger partial charge on any atom is 0.324 e. The number of sulfonamides is 1. The molecule has 0 spiro atoms. The lowest BCUT2D eigenvalue weighted by molar-refractivity contribution is -0.151. The number of carbonyl (C=O) groups excluding carboxylic acids is 3. The number of amides is 2. The van der Waals surface area contributed by atoms with Crippen molar-refractivity contribution >= 4 is 39.2 Å². The normalized spacial score (nSPS) is 19.9. The van der Waals surface area contributed by atoms with Crippen LogP contribution in [0.4, 0.5) is 11.4 Å². The van der Waals surface area contributed by atoms with E-state index in [1.54, 1.807) is 50.2 Å². The third kappa shape index (κ3) is 4.19. The summed E-state index contributed by atoms with van der Waals surface area (Å²) in [6.45, 7) is 4.64. The lowest BCUT2D eigenvalue weighted by atomic mass is 9.96. The second-order valence-electron chi connectivity index (χ2n) is 8.95. The van der Waals surface area contributed by atoms with Crippen molar-refractivity contribution in [1.29, 1.82) is 0 Å². The lowest BCUT2D eigenvalue weighted by Gasteiger charge is -2.41. The molecule has 4 rings (SSSR count). The first-order valence-corrected chi connectivity index (χ1v) is 12.5. The second kappa shape index (κ2) is 8.84. The molecule has 0 unspecified atom stereocenters. The minimum Gasteiger partial charge on any atom is -0.454 e. The number of hydrogen-bond donors (Lipinski definition) is 1. The monoisotopic (exact) mass is 485 g/mol. The van der Waals surface area contributed by atoms with Crippen LogP contribution in [-0.4, -0.2) is 55.2 Å². The summed E-state index contributed by atoms with van der Waals surface area (Å²) in [6.07, 6.45) is 0.810. The fourth-order valence-corrected chi connectivity index (χ4v) is 5.95. The standard InChI is InChI=1S/C24H27N3O6S/c1-16-10-12-17(13-11-16)34(31,32)26-14-6-9-20(26)22(29)33-15-21(28)27-19-8-5-4-7-18(19)25-23(30)24(27,2)3/h4-5,7-8,10-13,20H,6,9,14-15H2,1-3H3,(H,25,30)/t20-/m0/s1. The molecule has 2 heterocycles.